The highest BCUT2D eigenvalue weighted by Crippen LogP contribution is 2.21. The number of H-pyrrole nitrogens is 1. The molecular weight excluding hydrogens is 302 g/mol. The van der Waals surface area contributed by atoms with E-state index in [0.29, 0.717) is 23.8 Å². The Morgan fingerprint density at radius 3 is 2.55 bits per heavy atom. The standard InChI is InChI=1S/C16H18ClN3O2/c1-10-8-20(9-11(2)22-10)16(21)15-7-14(18-19-15)12-3-5-13(17)6-4-12/h3-7,10-11H,8-9H2,1-2H3,(H,18,19)/t10-,11-/m1/s1. The molecule has 22 heavy (non-hydrogen) atoms. The molecule has 1 amide bonds. The molecule has 5 nitrogen and oxygen atoms in total. The van der Waals surface area contributed by atoms with E-state index in [1.165, 1.54) is 0 Å². The summed E-state index contributed by atoms with van der Waals surface area (Å²) < 4.78 is 5.66. The molecule has 6 heteroatoms. The molecule has 116 valence electrons. The van der Waals surface area contributed by atoms with Crippen molar-refractivity contribution in [2.24, 2.45) is 0 Å². The monoisotopic (exact) mass is 319 g/mol. The number of aromatic amines is 1. The number of halogens is 1. The minimum atomic E-state index is -0.0466. The van der Waals surface area contributed by atoms with Crippen LogP contribution in [0.2, 0.25) is 5.02 Å². The van der Waals surface area contributed by atoms with Crippen LogP contribution in [0.25, 0.3) is 11.3 Å². The fraction of sp³-hybridized carbons (Fsp3) is 0.375. The number of nitrogens with one attached hydrogen (secondary N) is 1. The Labute approximate surface area is 134 Å². The van der Waals surface area contributed by atoms with E-state index in [0.717, 1.165) is 11.3 Å². The first kappa shape index (κ1) is 15.1. The summed E-state index contributed by atoms with van der Waals surface area (Å²) in [6.45, 7) is 5.14. The van der Waals surface area contributed by atoms with Crippen molar-refractivity contribution in [3.63, 3.8) is 0 Å². The van der Waals surface area contributed by atoms with Gasteiger partial charge in [-0.2, -0.15) is 5.10 Å². The zero-order valence-corrected chi connectivity index (χ0v) is 13.3. The molecule has 0 bridgehead atoms. The first-order chi connectivity index (χ1) is 10.5. The van der Waals surface area contributed by atoms with E-state index in [-0.39, 0.29) is 18.1 Å². The summed E-state index contributed by atoms with van der Waals surface area (Å²) in [5, 5.41) is 7.73. The second kappa shape index (κ2) is 6.10. The Kier molecular flexibility index (Phi) is 4.18. The van der Waals surface area contributed by atoms with E-state index in [1.807, 2.05) is 26.0 Å². The van der Waals surface area contributed by atoms with Crippen molar-refractivity contribution >= 4 is 17.5 Å². The van der Waals surface area contributed by atoms with Crippen LogP contribution in [0.4, 0.5) is 0 Å². The number of carbonyl (C=O) groups is 1. The molecule has 1 aromatic carbocycles. The van der Waals surface area contributed by atoms with Gasteiger partial charge in [-0.25, -0.2) is 0 Å². The van der Waals surface area contributed by atoms with Crippen molar-refractivity contribution in [1.82, 2.24) is 15.1 Å². The van der Waals surface area contributed by atoms with Gasteiger partial charge in [0.05, 0.1) is 17.9 Å². The lowest BCUT2D eigenvalue weighted by Crippen LogP contribution is -2.48. The average Bonchev–Trinajstić information content (AvgIpc) is 2.96. The predicted octanol–water partition coefficient (Wildman–Crippen LogP) is 2.98. The fourth-order valence-electron chi connectivity index (χ4n) is 2.71. The molecule has 0 radical (unpaired) electrons. The van der Waals surface area contributed by atoms with Crippen molar-refractivity contribution in [2.45, 2.75) is 26.1 Å². The van der Waals surface area contributed by atoms with E-state index in [2.05, 4.69) is 10.2 Å². The van der Waals surface area contributed by atoms with Crippen LogP contribution in [0.3, 0.4) is 0 Å². The Bertz CT molecular complexity index is 658. The van der Waals surface area contributed by atoms with Gasteiger partial charge in [0.15, 0.2) is 0 Å². The zero-order valence-electron chi connectivity index (χ0n) is 12.5. The van der Waals surface area contributed by atoms with Crippen molar-refractivity contribution in [2.75, 3.05) is 13.1 Å². The van der Waals surface area contributed by atoms with Gasteiger partial charge in [0.2, 0.25) is 0 Å². The van der Waals surface area contributed by atoms with Gasteiger partial charge in [-0.05, 0) is 32.0 Å². The maximum absolute atomic E-state index is 12.6. The Morgan fingerprint density at radius 1 is 1.27 bits per heavy atom. The number of carbonyl (C=O) groups excluding carboxylic acids is 1. The summed E-state index contributed by atoms with van der Waals surface area (Å²) in [4.78, 5) is 14.4. The SMILES string of the molecule is C[C@@H]1CN(C(=O)c2cc(-c3ccc(Cl)cc3)n[nH]2)C[C@@H](C)O1. The van der Waals surface area contributed by atoms with Crippen LogP contribution in [-0.4, -0.2) is 46.3 Å². The lowest BCUT2D eigenvalue weighted by atomic mass is 10.1. The molecule has 3 rings (SSSR count). The molecule has 0 aliphatic carbocycles. The van der Waals surface area contributed by atoms with Gasteiger partial charge in [-0.15, -0.1) is 0 Å². The Balaban J connectivity index is 1.78. The molecule has 1 aliphatic heterocycles. The van der Waals surface area contributed by atoms with Gasteiger partial charge in [-0.3, -0.25) is 9.89 Å². The van der Waals surface area contributed by atoms with Gasteiger partial charge in [0.25, 0.3) is 5.91 Å². The largest absolute Gasteiger partial charge is 0.372 e. The van der Waals surface area contributed by atoms with E-state index in [4.69, 9.17) is 16.3 Å². The van der Waals surface area contributed by atoms with Crippen molar-refractivity contribution < 1.29 is 9.53 Å². The average molecular weight is 320 g/mol. The van der Waals surface area contributed by atoms with Gasteiger partial charge < -0.3 is 9.64 Å². The summed E-state index contributed by atoms with van der Waals surface area (Å²) >= 11 is 5.88. The second-order valence-electron chi connectivity index (χ2n) is 5.64. The van der Waals surface area contributed by atoms with E-state index >= 15 is 0 Å². The quantitative estimate of drug-likeness (QED) is 0.925. The second-order valence-corrected chi connectivity index (χ2v) is 6.08. The minimum absolute atomic E-state index is 0.0466. The number of hydrogen-bond acceptors (Lipinski definition) is 3. The van der Waals surface area contributed by atoms with Crippen LogP contribution in [-0.2, 0) is 4.74 Å². The van der Waals surface area contributed by atoms with Crippen LogP contribution >= 0.6 is 11.6 Å². The number of ether oxygens (including phenoxy) is 1. The third kappa shape index (κ3) is 3.15. The third-order valence-corrected chi connectivity index (χ3v) is 3.91. The number of morpholine rings is 1. The number of nitrogens with zero attached hydrogens (tertiary/aromatic N) is 2. The Hall–Kier alpha value is -1.85. The van der Waals surface area contributed by atoms with Gasteiger partial charge in [0, 0.05) is 23.7 Å². The molecule has 2 heterocycles. The van der Waals surface area contributed by atoms with E-state index in [1.54, 1.807) is 23.1 Å². The van der Waals surface area contributed by atoms with Crippen LogP contribution in [0.5, 0.6) is 0 Å². The molecule has 1 N–H and O–H groups in total. The number of amides is 1. The topological polar surface area (TPSA) is 58.2 Å². The summed E-state index contributed by atoms with van der Waals surface area (Å²) in [7, 11) is 0. The van der Waals surface area contributed by atoms with E-state index < -0.39 is 0 Å². The van der Waals surface area contributed by atoms with Gasteiger partial charge in [-0.1, -0.05) is 23.7 Å². The number of hydrogen-bond donors (Lipinski definition) is 1. The molecule has 0 unspecified atom stereocenters. The number of rotatable bonds is 2. The highest BCUT2D eigenvalue weighted by Gasteiger charge is 2.27. The fourth-order valence-corrected chi connectivity index (χ4v) is 2.84. The predicted molar refractivity (Wildman–Crippen MR) is 84.9 cm³/mol. The number of aromatic nitrogens is 2. The summed E-state index contributed by atoms with van der Waals surface area (Å²) in [6.07, 6.45) is 0.0951. The van der Waals surface area contributed by atoms with E-state index in [9.17, 15) is 4.79 Å². The third-order valence-electron chi connectivity index (χ3n) is 3.66. The Morgan fingerprint density at radius 2 is 1.91 bits per heavy atom. The number of benzene rings is 1. The first-order valence-corrected chi connectivity index (χ1v) is 7.67. The molecule has 1 aromatic heterocycles. The molecule has 1 saturated heterocycles. The maximum atomic E-state index is 12.6. The van der Waals surface area contributed by atoms with Crippen LogP contribution in [0, 0.1) is 0 Å². The molecule has 0 saturated carbocycles. The zero-order chi connectivity index (χ0) is 15.7. The van der Waals surface area contributed by atoms with Crippen molar-refractivity contribution in [1.29, 1.82) is 0 Å². The summed E-state index contributed by atoms with van der Waals surface area (Å²) in [5.74, 6) is -0.0466. The molecular formula is C16H18ClN3O2. The molecule has 1 aliphatic rings. The highest BCUT2D eigenvalue weighted by atomic mass is 35.5. The van der Waals surface area contributed by atoms with Gasteiger partial charge in [0.1, 0.15) is 5.69 Å². The summed E-state index contributed by atoms with van der Waals surface area (Å²) in [5.41, 5.74) is 2.14. The normalized spacial score (nSPS) is 21.9. The van der Waals surface area contributed by atoms with Gasteiger partial charge >= 0.3 is 0 Å². The first-order valence-electron chi connectivity index (χ1n) is 7.29. The molecule has 1 fully saturated rings. The molecule has 2 atom stereocenters. The van der Waals surface area contributed by atoms with Crippen LogP contribution in [0.15, 0.2) is 30.3 Å². The van der Waals surface area contributed by atoms with Crippen LogP contribution < -0.4 is 0 Å². The van der Waals surface area contributed by atoms with Crippen LogP contribution in [0.1, 0.15) is 24.3 Å². The smallest absolute Gasteiger partial charge is 0.272 e. The maximum Gasteiger partial charge on any atom is 0.272 e. The highest BCUT2D eigenvalue weighted by molar-refractivity contribution is 6.30. The summed E-state index contributed by atoms with van der Waals surface area (Å²) in [6, 6.07) is 9.14. The van der Waals surface area contributed by atoms with Crippen molar-refractivity contribution in [3.8, 4) is 11.3 Å². The molecule has 2 aromatic rings. The minimum Gasteiger partial charge on any atom is -0.372 e. The molecule has 0 spiro atoms. The lowest BCUT2D eigenvalue weighted by molar-refractivity contribution is -0.0587. The lowest BCUT2D eigenvalue weighted by Gasteiger charge is -2.34. The van der Waals surface area contributed by atoms with Crippen molar-refractivity contribution in [3.05, 3.63) is 41.0 Å².